The molecule has 1 fully saturated rings. The number of aliphatic hydroxyl groups excluding tert-OH is 1. The van der Waals surface area contributed by atoms with Gasteiger partial charge in [0, 0.05) is 18.8 Å². The third kappa shape index (κ3) is 2.68. The number of hydrogen-bond acceptors (Lipinski definition) is 4. The summed E-state index contributed by atoms with van der Waals surface area (Å²) < 4.78 is 2.08. The SMILES string of the molecule is CCN1CCCC1Cn1cncc1C(N)CO. The van der Waals surface area contributed by atoms with Gasteiger partial charge >= 0.3 is 0 Å². The average molecular weight is 238 g/mol. The zero-order valence-corrected chi connectivity index (χ0v) is 10.4. The van der Waals surface area contributed by atoms with Crippen LogP contribution in [0.3, 0.4) is 0 Å². The van der Waals surface area contributed by atoms with Crippen molar-refractivity contribution in [3.8, 4) is 0 Å². The Bertz CT molecular complexity index is 352. The summed E-state index contributed by atoms with van der Waals surface area (Å²) in [4.78, 5) is 6.63. The van der Waals surface area contributed by atoms with E-state index in [1.165, 1.54) is 19.4 Å². The normalized spacial score (nSPS) is 23.1. The van der Waals surface area contributed by atoms with Crippen molar-refractivity contribution in [3.63, 3.8) is 0 Å². The molecule has 0 bridgehead atoms. The van der Waals surface area contributed by atoms with E-state index >= 15 is 0 Å². The summed E-state index contributed by atoms with van der Waals surface area (Å²) in [6, 6.07) is 0.257. The number of likely N-dealkylation sites (N-methyl/N-ethyl adjacent to an activating group) is 1. The fraction of sp³-hybridized carbons (Fsp3) is 0.750. The van der Waals surface area contributed by atoms with Crippen LogP contribution in [0.5, 0.6) is 0 Å². The van der Waals surface area contributed by atoms with Gasteiger partial charge in [0.25, 0.3) is 0 Å². The Morgan fingerprint density at radius 3 is 3.18 bits per heavy atom. The molecule has 17 heavy (non-hydrogen) atoms. The Morgan fingerprint density at radius 2 is 2.47 bits per heavy atom. The lowest BCUT2D eigenvalue weighted by Gasteiger charge is -2.24. The lowest BCUT2D eigenvalue weighted by Crippen LogP contribution is -2.33. The minimum Gasteiger partial charge on any atom is -0.394 e. The molecule has 96 valence electrons. The molecule has 2 unspecified atom stereocenters. The Kier molecular flexibility index (Phi) is 4.15. The number of rotatable bonds is 5. The molecule has 3 N–H and O–H groups in total. The van der Waals surface area contributed by atoms with Crippen LogP contribution in [0.4, 0.5) is 0 Å². The first-order chi connectivity index (χ1) is 8.26. The van der Waals surface area contributed by atoms with E-state index in [4.69, 9.17) is 10.8 Å². The molecular weight excluding hydrogens is 216 g/mol. The minimum absolute atomic E-state index is 0.0339. The summed E-state index contributed by atoms with van der Waals surface area (Å²) in [5, 5.41) is 9.11. The van der Waals surface area contributed by atoms with Gasteiger partial charge in [-0.3, -0.25) is 4.90 Å². The molecule has 0 saturated carbocycles. The molecule has 1 aliphatic heterocycles. The van der Waals surface area contributed by atoms with Crippen molar-refractivity contribution in [1.82, 2.24) is 14.5 Å². The number of aliphatic hydroxyl groups is 1. The maximum atomic E-state index is 9.11. The van der Waals surface area contributed by atoms with Crippen LogP contribution in [0.15, 0.2) is 12.5 Å². The predicted octanol–water partition coefficient (Wildman–Crippen LogP) is 0.359. The zero-order valence-electron chi connectivity index (χ0n) is 10.4. The van der Waals surface area contributed by atoms with Crippen LogP contribution < -0.4 is 5.73 Å². The molecule has 1 saturated heterocycles. The number of likely N-dealkylation sites (tertiary alicyclic amines) is 1. The molecule has 1 aromatic heterocycles. The number of imidazole rings is 1. The van der Waals surface area contributed by atoms with Crippen LogP contribution in [0, 0.1) is 0 Å². The third-order valence-electron chi connectivity index (χ3n) is 3.63. The maximum absolute atomic E-state index is 9.11. The highest BCUT2D eigenvalue weighted by Gasteiger charge is 2.24. The van der Waals surface area contributed by atoms with Crippen molar-refractivity contribution in [2.45, 2.75) is 38.4 Å². The third-order valence-corrected chi connectivity index (χ3v) is 3.63. The first kappa shape index (κ1) is 12.5. The number of aromatic nitrogens is 2. The molecule has 2 heterocycles. The fourth-order valence-electron chi connectivity index (χ4n) is 2.63. The molecule has 2 atom stereocenters. The summed E-state index contributed by atoms with van der Waals surface area (Å²) in [7, 11) is 0. The van der Waals surface area contributed by atoms with E-state index in [9.17, 15) is 0 Å². The topological polar surface area (TPSA) is 67.3 Å². The van der Waals surface area contributed by atoms with Crippen molar-refractivity contribution in [2.75, 3.05) is 19.7 Å². The van der Waals surface area contributed by atoms with Crippen LogP contribution in [-0.4, -0.2) is 45.3 Å². The number of nitrogens with two attached hydrogens (primary N) is 1. The molecule has 2 rings (SSSR count). The molecule has 5 heteroatoms. The molecule has 0 amide bonds. The van der Waals surface area contributed by atoms with Gasteiger partial charge in [0.2, 0.25) is 0 Å². The van der Waals surface area contributed by atoms with Gasteiger partial charge in [-0.25, -0.2) is 4.98 Å². The summed E-state index contributed by atoms with van der Waals surface area (Å²) in [6.07, 6.45) is 6.08. The van der Waals surface area contributed by atoms with Gasteiger partial charge in [0.15, 0.2) is 0 Å². The van der Waals surface area contributed by atoms with Crippen LogP contribution in [0.25, 0.3) is 0 Å². The van der Waals surface area contributed by atoms with Crippen LogP contribution in [0.1, 0.15) is 31.5 Å². The zero-order chi connectivity index (χ0) is 12.3. The second-order valence-electron chi connectivity index (χ2n) is 4.68. The van der Waals surface area contributed by atoms with Crippen molar-refractivity contribution in [2.24, 2.45) is 5.73 Å². The predicted molar refractivity (Wildman–Crippen MR) is 66.5 cm³/mol. The highest BCUT2D eigenvalue weighted by atomic mass is 16.3. The monoisotopic (exact) mass is 238 g/mol. The van der Waals surface area contributed by atoms with Crippen molar-refractivity contribution >= 4 is 0 Å². The highest BCUT2D eigenvalue weighted by Crippen LogP contribution is 2.20. The molecule has 1 aromatic rings. The van der Waals surface area contributed by atoms with E-state index in [1.807, 2.05) is 6.33 Å². The second-order valence-corrected chi connectivity index (χ2v) is 4.68. The Balaban J connectivity index is 2.05. The smallest absolute Gasteiger partial charge is 0.0949 e. The Hall–Kier alpha value is -0.910. The highest BCUT2D eigenvalue weighted by molar-refractivity contribution is 5.05. The summed E-state index contributed by atoms with van der Waals surface area (Å²) >= 11 is 0. The van der Waals surface area contributed by atoms with Crippen LogP contribution in [-0.2, 0) is 6.54 Å². The summed E-state index contributed by atoms with van der Waals surface area (Å²) in [5.74, 6) is 0. The first-order valence-corrected chi connectivity index (χ1v) is 6.36. The Labute approximate surface area is 102 Å². The molecule has 5 nitrogen and oxygen atoms in total. The Morgan fingerprint density at radius 1 is 1.65 bits per heavy atom. The van der Waals surface area contributed by atoms with E-state index in [0.29, 0.717) is 6.04 Å². The van der Waals surface area contributed by atoms with Crippen molar-refractivity contribution < 1.29 is 5.11 Å². The van der Waals surface area contributed by atoms with Gasteiger partial charge in [-0.05, 0) is 25.9 Å². The molecule has 0 aromatic carbocycles. The minimum atomic E-state index is -0.325. The quantitative estimate of drug-likeness (QED) is 0.777. The van der Waals surface area contributed by atoms with Crippen LogP contribution in [0.2, 0.25) is 0 Å². The van der Waals surface area contributed by atoms with E-state index in [2.05, 4.69) is 21.4 Å². The second kappa shape index (κ2) is 5.62. The number of nitrogens with zero attached hydrogens (tertiary/aromatic N) is 3. The standard InChI is InChI=1S/C12H22N4O/c1-2-15-5-3-4-10(15)7-16-9-14-6-12(16)11(13)8-17/h6,9-11,17H,2-5,7-8,13H2,1H3. The molecule has 0 spiro atoms. The molecular formula is C12H22N4O. The van der Waals surface area contributed by atoms with Gasteiger partial charge < -0.3 is 15.4 Å². The van der Waals surface area contributed by atoms with Gasteiger partial charge in [0.1, 0.15) is 0 Å². The number of hydrogen-bond donors (Lipinski definition) is 2. The molecule has 0 aliphatic carbocycles. The van der Waals surface area contributed by atoms with E-state index < -0.39 is 0 Å². The summed E-state index contributed by atoms with van der Waals surface area (Å²) in [6.45, 7) is 5.38. The lowest BCUT2D eigenvalue weighted by atomic mass is 10.2. The van der Waals surface area contributed by atoms with Crippen LogP contribution >= 0.6 is 0 Å². The molecule has 1 aliphatic rings. The van der Waals surface area contributed by atoms with Gasteiger partial charge in [-0.15, -0.1) is 0 Å². The lowest BCUT2D eigenvalue weighted by molar-refractivity contribution is 0.235. The van der Waals surface area contributed by atoms with Crippen molar-refractivity contribution in [3.05, 3.63) is 18.2 Å². The summed E-state index contributed by atoms with van der Waals surface area (Å²) in [5.41, 5.74) is 6.78. The van der Waals surface area contributed by atoms with E-state index in [0.717, 1.165) is 18.8 Å². The average Bonchev–Trinajstić information content (AvgIpc) is 2.97. The first-order valence-electron chi connectivity index (χ1n) is 6.36. The van der Waals surface area contributed by atoms with Gasteiger partial charge in [0.05, 0.1) is 24.7 Å². The van der Waals surface area contributed by atoms with Gasteiger partial charge in [-0.2, -0.15) is 0 Å². The molecule has 0 radical (unpaired) electrons. The van der Waals surface area contributed by atoms with Gasteiger partial charge in [-0.1, -0.05) is 6.92 Å². The van der Waals surface area contributed by atoms with E-state index in [1.54, 1.807) is 6.20 Å². The fourth-order valence-corrected chi connectivity index (χ4v) is 2.63. The van der Waals surface area contributed by atoms with E-state index in [-0.39, 0.29) is 12.6 Å². The largest absolute Gasteiger partial charge is 0.394 e. The van der Waals surface area contributed by atoms with Crippen molar-refractivity contribution in [1.29, 1.82) is 0 Å². The maximum Gasteiger partial charge on any atom is 0.0949 e.